The average Bonchev–Trinajstić information content (AvgIpc) is 2.57. The van der Waals surface area contributed by atoms with Gasteiger partial charge in [0.2, 0.25) is 0 Å². The molecule has 0 fully saturated rings. The number of aryl methyl sites for hydroxylation is 1. The molecule has 1 N–H and O–H groups in total. The summed E-state index contributed by atoms with van der Waals surface area (Å²) in [4.78, 5) is 23.9. The van der Waals surface area contributed by atoms with E-state index in [1.807, 2.05) is 6.92 Å². The van der Waals surface area contributed by atoms with E-state index in [0.717, 1.165) is 6.42 Å². The summed E-state index contributed by atoms with van der Waals surface area (Å²) in [5.74, 6) is 0.869. The van der Waals surface area contributed by atoms with Crippen molar-refractivity contribution >= 4 is 11.6 Å². The Labute approximate surface area is 132 Å². The fourth-order valence-electron chi connectivity index (χ4n) is 2.26. The van der Waals surface area contributed by atoms with Crippen LogP contribution in [-0.2, 0) is 6.54 Å². The number of hydrogen-bond donors (Lipinski definition) is 1. The second kappa shape index (κ2) is 6.51. The molecule has 3 rings (SSSR count). The van der Waals surface area contributed by atoms with Gasteiger partial charge in [0.05, 0.1) is 0 Å². The van der Waals surface area contributed by atoms with Crippen LogP contribution < -0.4 is 20.3 Å². The number of anilines is 1. The molecule has 1 aliphatic rings. The maximum absolute atomic E-state index is 12.3. The number of rotatable bonds is 4. The summed E-state index contributed by atoms with van der Waals surface area (Å²) < 4.78 is 12.2. The van der Waals surface area contributed by atoms with Crippen molar-refractivity contribution in [2.75, 3.05) is 18.5 Å². The predicted octanol–water partition coefficient (Wildman–Crippen LogP) is 1.68. The second-order valence-electron chi connectivity index (χ2n) is 5.09. The van der Waals surface area contributed by atoms with Crippen LogP contribution in [0.1, 0.15) is 23.8 Å². The van der Waals surface area contributed by atoms with Gasteiger partial charge in [0.15, 0.2) is 11.5 Å². The highest BCUT2D eigenvalue weighted by atomic mass is 16.6. The van der Waals surface area contributed by atoms with Crippen molar-refractivity contribution < 1.29 is 14.3 Å². The first-order valence-corrected chi connectivity index (χ1v) is 7.46. The molecule has 2 aromatic rings. The number of nitrogens with zero attached hydrogens (tertiary/aromatic N) is 2. The van der Waals surface area contributed by atoms with Crippen molar-refractivity contribution in [3.8, 4) is 11.5 Å². The highest BCUT2D eigenvalue weighted by Crippen LogP contribution is 2.32. The number of fused-ring (bicyclic) bond motifs is 1. The van der Waals surface area contributed by atoms with E-state index in [-0.39, 0.29) is 17.2 Å². The van der Waals surface area contributed by atoms with Crippen molar-refractivity contribution in [1.82, 2.24) is 9.78 Å². The zero-order chi connectivity index (χ0) is 16.2. The molecule has 1 aromatic carbocycles. The van der Waals surface area contributed by atoms with Crippen molar-refractivity contribution in [3.63, 3.8) is 0 Å². The van der Waals surface area contributed by atoms with E-state index in [0.29, 0.717) is 36.9 Å². The van der Waals surface area contributed by atoms with Crippen molar-refractivity contribution in [3.05, 3.63) is 46.4 Å². The van der Waals surface area contributed by atoms with Gasteiger partial charge in [-0.05, 0) is 24.6 Å². The lowest BCUT2D eigenvalue weighted by Gasteiger charge is -2.19. The largest absolute Gasteiger partial charge is 0.486 e. The molecule has 0 saturated heterocycles. The molecule has 7 heteroatoms. The third kappa shape index (κ3) is 3.33. The highest BCUT2D eigenvalue weighted by Gasteiger charge is 2.14. The standard InChI is InChI=1S/C16H17N3O4/c1-2-7-19-15(20)6-4-12(18-19)16(21)17-11-3-5-13-14(10-11)23-9-8-22-13/h3-6,10H,2,7-9H2,1H3,(H,17,21). The number of hydrogen-bond acceptors (Lipinski definition) is 5. The third-order valence-electron chi connectivity index (χ3n) is 3.33. The minimum absolute atomic E-state index is 0.188. The zero-order valence-corrected chi connectivity index (χ0v) is 12.7. The Morgan fingerprint density at radius 3 is 2.78 bits per heavy atom. The summed E-state index contributed by atoms with van der Waals surface area (Å²) in [6, 6.07) is 7.95. The Morgan fingerprint density at radius 1 is 1.22 bits per heavy atom. The van der Waals surface area contributed by atoms with Crippen molar-refractivity contribution in [1.29, 1.82) is 0 Å². The van der Waals surface area contributed by atoms with Gasteiger partial charge < -0.3 is 14.8 Å². The number of aromatic nitrogens is 2. The lowest BCUT2D eigenvalue weighted by Crippen LogP contribution is -2.26. The fraction of sp³-hybridized carbons (Fsp3) is 0.312. The average molecular weight is 315 g/mol. The van der Waals surface area contributed by atoms with E-state index in [2.05, 4.69) is 10.4 Å². The topological polar surface area (TPSA) is 82.5 Å². The first kappa shape index (κ1) is 15.1. The zero-order valence-electron chi connectivity index (χ0n) is 12.7. The molecular formula is C16H17N3O4. The molecule has 1 aromatic heterocycles. The maximum atomic E-state index is 12.3. The van der Waals surface area contributed by atoms with Crippen LogP contribution >= 0.6 is 0 Å². The Morgan fingerprint density at radius 2 is 2.00 bits per heavy atom. The predicted molar refractivity (Wildman–Crippen MR) is 84.2 cm³/mol. The minimum Gasteiger partial charge on any atom is -0.486 e. The summed E-state index contributed by atoms with van der Waals surface area (Å²) in [5.41, 5.74) is 0.546. The number of amides is 1. The molecule has 1 amide bonds. The van der Waals surface area contributed by atoms with E-state index < -0.39 is 0 Å². The van der Waals surface area contributed by atoms with Crippen LogP contribution in [0.2, 0.25) is 0 Å². The Hall–Kier alpha value is -2.83. The van der Waals surface area contributed by atoms with Crippen LogP contribution in [-0.4, -0.2) is 28.9 Å². The molecule has 120 valence electrons. The number of carbonyl (C=O) groups is 1. The molecule has 1 aliphatic heterocycles. The highest BCUT2D eigenvalue weighted by molar-refractivity contribution is 6.02. The summed E-state index contributed by atoms with van der Waals surface area (Å²) in [5, 5.41) is 6.83. The van der Waals surface area contributed by atoms with Gasteiger partial charge in [-0.3, -0.25) is 9.59 Å². The fourth-order valence-corrected chi connectivity index (χ4v) is 2.26. The van der Waals surface area contributed by atoms with Crippen LogP contribution in [0.5, 0.6) is 11.5 Å². The van der Waals surface area contributed by atoms with Crippen molar-refractivity contribution in [2.45, 2.75) is 19.9 Å². The number of nitrogens with one attached hydrogen (secondary N) is 1. The molecule has 2 heterocycles. The SMILES string of the molecule is CCCn1nc(C(=O)Nc2ccc3c(c2)OCCO3)ccc1=O. The summed E-state index contributed by atoms with van der Waals surface area (Å²) in [6.45, 7) is 3.41. The second-order valence-corrected chi connectivity index (χ2v) is 5.09. The molecule has 0 bridgehead atoms. The molecule has 0 atom stereocenters. The molecule has 0 saturated carbocycles. The minimum atomic E-state index is -0.383. The van der Waals surface area contributed by atoms with Gasteiger partial charge in [-0.1, -0.05) is 6.92 Å². The van der Waals surface area contributed by atoms with Crippen LogP contribution in [0.15, 0.2) is 35.1 Å². The number of carbonyl (C=O) groups excluding carboxylic acids is 1. The summed E-state index contributed by atoms with van der Waals surface area (Å²) in [7, 11) is 0. The van der Waals surface area contributed by atoms with E-state index >= 15 is 0 Å². The molecule has 0 unspecified atom stereocenters. The lowest BCUT2D eigenvalue weighted by molar-refractivity contribution is 0.101. The Kier molecular flexibility index (Phi) is 4.27. The first-order chi connectivity index (χ1) is 11.2. The third-order valence-corrected chi connectivity index (χ3v) is 3.33. The molecule has 7 nitrogen and oxygen atoms in total. The van der Waals surface area contributed by atoms with E-state index in [9.17, 15) is 9.59 Å². The van der Waals surface area contributed by atoms with Crippen LogP contribution in [0.3, 0.4) is 0 Å². The summed E-state index contributed by atoms with van der Waals surface area (Å²) in [6.07, 6.45) is 0.764. The summed E-state index contributed by atoms with van der Waals surface area (Å²) >= 11 is 0. The Bertz CT molecular complexity index is 785. The van der Waals surface area contributed by atoms with Gasteiger partial charge >= 0.3 is 0 Å². The van der Waals surface area contributed by atoms with Crippen LogP contribution in [0, 0.1) is 0 Å². The van der Waals surface area contributed by atoms with Gasteiger partial charge in [0.1, 0.15) is 18.9 Å². The molecule has 23 heavy (non-hydrogen) atoms. The van der Waals surface area contributed by atoms with Crippen LogP contribution in [0.4, 0.5) is 5.69 Å². The monoisotopic (exact) mass is 315 g/mol. The lowest BCUT2D eigenvalue weighted by atomic mass is 10.2. The number of benzene rings is 1. The van der Waals surface area contributed by atoms with Crippen LogP contribution in [0.25, 0.3) is 0 Å². The van der Waals surface area contributed by atoms with Crippen molar-refractivity contribution in [2.24, 2.45) is 0 Å². The first-order valence-electron chi connectivity index (χ1n) is 7.46. The normalized spacial score (nSPS) is 12.7. The van der Waals surface area contributed by atoms with E-state index in [1.165, 1.54) is 16.8 Å². The quantitative estimate of drug-likeness (QED) is 0.928. The molecule has 0 aliphatic carbocycles. The van der Waals surface area contributed by atoms with Gasteiger partial charge in [-0.2, -0.15) is 5.10 Å². The smallest absolute Gasteiger partial charge is 0.276 e. The van der Waals surface area contributed by atoms with Gasteiger partial charge in [0.25, 0.3) is 11.5 Å². The van der Waals surface area contributed by atoms with Gasteiger partial charge in [0, 0.05) is 24.4 Å². The van der Waals surface area contributed by atoms with E-state index in [1.54, 1.807) is 18.2 Å². The van der Waals surface area contributed by atoms with Gasteiger partial charge in [-0.25, -0.2) is 4.68 Å². The number of ether oxygens (including phenoxy) is 2. The Balaban J connectivity index is 1.79. The molecular weight excluding hydrogens is 298 g/mol. The maximum Gasteiger partial charge on any atom is 0.276 e. The molecule has 0 spiro atoms. The van der Waals surface area contributed by atoms with Gasteiger partial charge in [-0.15, -0.1) is 0 Å². The van der Waals surface area contributed by atoms with E-state index in [4.69, 9.17) is 9.47 Å². The molecule has 0 radical (unpaired) electrons.